The van der Waals surface area contributed by atoms with Crippen LogP contribution in [-0.4, -0.2) is 31.6 Å². The van der Waals surface area contributed by atoms with Crippen molar-refractivity contribution >= 4 is 17.7 Å². The summed E-state index contributed by atoms with van der Waals surface area (Å²) in [6.07, 6.45) is 5.48. The maximum atomic E-state index is 5.98. The Balaban J connectivity index is 1.57. The molecule has 0 spiro atoms. The van der Waals surface area contributed by atoms with Gasteiger partial charge in [0.25, 0.3) is 0 Å². The fourth-order valence-electron chi connectivity index (χ4n) is 4.03. The molecule has 1 heterocycles. The number of ether oxygens (including phenoxy) is 1. The van der Waals surface area contributed by atoms with Crippen LogP contribution in [-0.2, 0) is 6.42 Å². The Morgan fingerprint density at radius 2 is 1.83 bits per heavy atom. The van der Waals surface area contributed by atoms with Gasteiger partial charge in [-0.25, -0.2) is 0 Å². The smallest absolute Gasteiger partial charge is 0.119 e. The molecule has 0 bridgehead atoms. The predicted octanol–water partition coefficient (Wildman–Crippen LogP) is 6.05. The first-order valence-electron chi connectivity index (χ1n) is 10.1. The predicted molar refractivity (Wildman–Crippen MR) is 122 cm³/mol. The third-order valence-corrected chi connectivity index (χ3v) is 5.86. The molecule has 0 radical (unpaired) electrons. The molecule has 1 unspecified atom stereocenters. The molecule has 3 aromatic rings. The van der Waals surface area contributed by atoms with Crippen molar-refractivity contribution in [2.45, 2.75) is 12.3 Å². The van der Waals surface area contributed by atoms with Gasteiger partial charge in [-0.05, 0) is 52.9 Å². The molecule has 1 atom stereocenters. The molecular weight excluding hydrogens is 378 g/mol. The summed E-state index contributed by atoms with van der Waals surface area (Å²) < 4.78 is 5.52. The second-order valence-electron chi connectivity index (χ2n) is 7.49. The van der Waals surface area contributed by atoms with Crippen molar-refractivity contribution in [1.82, 2.24) is 4.90 Å². The standard InChI is InChI=1S/C26H26ClNO/c1-29-24-14-11-22-15-17-28(16-5-6-20-9-12-23(27)13-10-20)19-26(25(22)18-24)21-7-3-2-4-8-21/h2-14,18,26H,15-17,19H2,1H3/b6-5+. The lowest BCUT2D eigenvalue weighted by atomic mass is 9.88. The molecule has 0 fully saturated rings. The third kappa shape index (κ3) is 4.90. The van der Waals surface area contributed by atoms with Crippen LogP contribution in [0.5, 0.6) is 5.75 Å². The summed E-state index contributed by atoms with van der Waals surface area (Å²) in [6.45, 7) is 2.97. The molecule has 3 aromatic carbocycles. The van der Waals surface area contributed by atoms with Crippen LogP contribution in [0.15, 0.2) is 78.9 Å². The number of nitrogens with zero attached hydrogens (tertiary/aromatic N) is 1. The molecule has 1 aliphatic rings. The van der Waals surface area contributed by atoms with E-state index in [9.17, 15) is 0 Å². The number of rotatable bonds is 5. The molecule has 2 nitrogen and oxygen atoms in total. The molecule has 0 aromatic heterocycles. The fraction of sp³-hybridized carbons (Fsp3) is 0.231. The zero-order valence-corrected chi connectivity index (χ0v) is 17.5. The molecular formula is C26H26ClNO. The SMILES string of the molecule is COc1ccc2c(c1)C(c1ccccc1)CN(C/C=C/c1ccc(Cl)cc1)CC2. The molecule has 4 rings (SSSR count). The van der Waals surface area contributed by atoms with E-state index in [0.717, 1.165) is 36.8 Å². The van der Waals surface area contributed by atoms with Gasteiger partial charge in [0, 0.05) is 30.6 Å². The van der Waals surface area contributed by atoms with Gasteiger partial charge >= 0.3 is 0 Å². The first-order chi connectivity index (χ1) is 14.2. The Bertz CT molecular complexity index is 966. The van der Waals surface area contributed by atoms with Crippen molar-refractivity contribution in [2.24, 2.45) is 0 Å². The fourth-order valence-corrected chi connectivity index (χ4v) is 4.15. The number of methoxy groups -OCH3 is 1. The number of halogens is 1. The lowest BCUT2D eigenvalue weighted by Gasteiger charge is -2.24. The van der Waals surface area contributed by atoms with Crippen LogP contribution in [0.4, 0.5) is 0 Å². The minimum atomic E-state index is 0.340. The quantitative estimate of drug-likeness (QED) is 0.514. The van der Waals surface area contributed by atoms with Gasteiger partial charge in [-0.3, -0.25) is 4.90 Å². The molecule has 0 aliphatic carbocycles. The Labute approximate surface area is 178 Å². The summed E-state index contributed by atoms with van der Waals surface area (Å²) in [7, 11) is 1.74. The Morgan fingerprint density at radius 1 is 1.03 bits per heavy atom. The molecule has 148 valence electrons. The van der Waals surface area contributed by atoms with Crippen LogP contribution < -0.4 is 4.74 Å². The van der Waals surface area contributed by atoms with Gasteiger partial charge in [0.15, 0.2) is 0 Å². The minimum absolute atomic E-state index is 0.340. The van der Waals surface area contributed by atoms with Crippen LogP contribution >= 0.6 is 11.6 Å². The van der Waals surface area contributed by atoms with E-state index < -0.39 is 0 Å². The molecule has 0 saturated heterocycles. The van der Waals surface area contributed by atoms with E-state index in [1.165, 1.54) is 22.3 Å². The van der Waals surface area contributed by atoms with E-state index in [1.54, 1.807) is 7.11 Å². The highest BCUT2D eigenvalue weighted by Crippen LogP contribution is 2.33. The van der Waals surface area contributed by atoms with Crippen LogP contribution in [0.1, 0.15) is 28.2 Å². The first-order valence-corrected chi connectivity index (χ1v) is 10.5. The van der Waals surface area contributed by atoms with Crippen LogP contribution in [0.3, 0.4) is 0 Å². The summed E-state index contributed by atoms with van der Waals surface area (Å²) in [5, 5.41) is 0.772. The van der Waals surface area contributed by atoms with E-state index in [4.69, 9.17) is 16.3 Å². The van der Waals surface area contributed by atoms with Crippen molar-refractivity contribution in [3.8, 4) is 5.75 Å². The molecule has 0 saturated carbocycles. The number of hydrogen-bond donors (Lipinski definition) is 0. The third-order valence-electron chi connectivity index (χ3n) is 5.61. The molecule has 29 heavy (non-hydrogen) atoms. The van der Waals surface area contributed by atoms with Crippen molar-refractivity contribution in [2.75, 3.05) is 26.7 Å². The summed E-state index contributed by atoms with van der Waals surface area (Å²) >= 11 is 5.98. The van der Waals surface area contributed by atoms with Gasteiger partial charge in [0.05, 0.1) is 7.11 Å². The second kappa shape index (κ2) is 9.30. The Morgan fingerprint density at radius 3 is 2.59 bits per heavy atom. The number of benzene rings is 3. The van der Waals surface area contributed by atoms with Gasteiger partial charge in [-0.1, -0.05) is 72.3 Å². The van der Waals surface area contributed by atoms with Crippen molar-refractivity contribution < 1.29 is 4.74 Å². The number of fused-ring (bicyclic) bond motifs is 1. The monoisotopic (exact) mass is 403 g/mol. The molecule has 1 aliphatic heterocycles. The highest BCUT2D eigenvalue weighted by atomic mass is 35.5. The van der Waals surface area contributed by atoms with E-state index in [-0.39, 0.29) is 0 Å². The summed E-state index contributed by atoms with van der Waals surface area (Å²) in [4.78, 5) is 2.54. The van der Waals surface area contributed by atoms with Crippen molar-refractivity contribution in [3.63, 3.8) is 0 Å². The lowest BCUT2D eigenvalue weighted by molar-refractivity contribution is 0.306. The average Bonchev–Trinajstić information content (AvgIpc) is 2.95. The van der Waals surface area contributed by atoms with Gasteiger partial charge < -0.3 is 4.74 Å². The van der Waals surface area contributed by atoms with Gasteiger partial charge in [0.1, 0.15) is 5.75 Å². The normalized spacial score (nSPS) is 17.1. The van der Waals surface area contributed by atoms with Gasteiger partial charge in [0.2, 0.25) is 0 Å². The van der Waals surface area contributed by atoms with E-state index in [2.05, 4.69) is 77.7 Å². The minimum Gasteiger partial charge on any atom is -0.497 e. The van der Waals surface area contributed by atoms with E-state index >= 15 is 0 Å². The zero-order chi connectivity index (χ0) is 20.1. The van der Waals surface area contributed by atoms with Crippen LogP contribution in [0.25, 0.3) is 6.08 Å². The maximum Gasteiger partial charge on any atom is 0.119 e. The second-order valence-corrected chi connectivity index (χ2v) is 7.93. The van der Waals surface area contributed by atoms with Gasteiger partial charge in [-0.2, -0.15) is 0 Å². The lowest BCUT2D eigenvalue weighted by Crippen LogP contribution is -2.29. The molecule has 0 N–H and O–H groups in total. The average molecular weight is 404 g/mol. The van der Waals surface area contributed by atoms with E-state index in [1.807, 2.05) is 12.1 Å². The summed E-state index contributed by atoms with van der Waals surface area (Å²) in [5.74, 6) is 1.27. The largest absolute Gasteiger partial charge is 0.497 e. The van der Waals surface area contributed by atoms with Gasteiger partial charge in [-0.15, -0.1) is 0 Å². The van der Waals surface area contributed by atoms with Crippen molar-refractivity contribution in [1.29, 1.82) is 0 Å². The number of hydrogen-bond acceptors (Lipinski definition) is 2. The Hall–Kier alpha value is -2.55. The topological polar surface area (TPSA) is 12.5 Å². The highest BCUT2D eigenvalue weighted by Gasteiger charge is 2.24. The Kier molecular flexibility index (Phi) is 6.33. The highest BCUT2D eigenvalue weighted by molar-refractivity contribution is 6.30. The summed E-state index contributed by atoms with van der Waals surface area (Å²) in [5.41, 5.74) is 5.34. The van der Waals surface area contributed by atoms with Crippen molar-refractivity contribution in [3.05, 3.63) is 106 Å². The summed E-state index contributed by atoms with van der Waals surface area (Å²) in [6, 6.07) is 25.3. The van der Waals surface area contributed by atoms with Crippen LogP contribution in [0.2, 0.25) is 5.02 Å². The molecule has 0 amide bonds. The zero-order valence-electron chi connectivity index (χ0n) is 16.7. The van der Waals surface area contributed by atoms with E-state index in [0.29, 0.717) is 5.92 Å². The molecule has 3 heteroatoms. The first kappa shape index (κ1) is 19.8. The van der Waals surface area contributed by atoms with Crippen LogP contribution in [0, 0.1) is 0 Å². The maximum absolute atomic E-state index is 5.98.